The van der Waals surface area contributed by atoms with Crippen molar-refractivity contribution in [3.05, 3.63) is 0 Å². The van der Waals surface area contributed by atoms with Crippen molar-refractivity contribution in [1.82, 2.24) is 10.6 Å². The van der Waals surface area contributed by atoms with Crippen molar-refractivity contribution in [2.45, 2.75) is 62.9 Å². The molecule has 0 aromatic carbocycles. The molecule has 2 aliphatic carbocycles. The normalized spacial score (nSPS) is 28.9. The zero-order valence-electron chi connectivity index (χ0n) is 11.7. The van der Waals surface area contributed by atoms with Gasteiger partial charge in [0.25, 0.3) is 0 Å². The smallest absolute Gasteiger partial charge is 0.315 e. The van der Waals surface area contributed by atoms with Crippen LogP contribution in [0, 0.1) is 5.92 Å². The van der Waals surface area contributed by atoms with E-state index in [1.165, 1.54) is 0 Å². The Hall–Kier alpha value is -1.30. The van der Waals surface area contributed by atoms with E-state index in [4.69, 9.17) is 5.11 Å². The van der Waals surface area contributed by atoms with Gasteiger partial charge in [-0.15, -0.1) is 0 Å². The molecule has 0 atom stereocenters. The quantitative estimate of drug-likeness (QED) is 0.624. The summed E-state index contributed by atoms with van der Waals surface area (Å²) in [4.78, 5) is 22.9. The number of hydrogen-bond acceptors (Lipinski definition) is 3. The molecule has 114 valence electrons. The first-order valence-corrected chi connectivity index (χ1v) is 7.47. The lowest BCUT2D eigenvalue weighted by Gasteiger charge is -2.31. The van der Waals surface area contributed by atoms with Gasteiger partial charge in [0.15, 0.2) is 0 Å². The van der Waals surface area contributed by atoms with Crippen molar-refractivity contribution in [1.29, 1.82) is 0 Å². The number of carbonyl (C=O) groups excluding carboxylic acids is 1. The average Bonchev–Trinajstić information content (AvgIpc) is 2.88. The molecule has 0 radical (unpaired) electrons. The first kappa shape index (κ1) is 15.1. The van der Waals surface area contributed by atoms with Crippen LogP contribution >= 0.6 is 0 Å². The van der Waals surface area contributed by atoms with E-state index in [0.717, 1.165) is 25.7 Å². The summed E-state index contributed by atoms with van der Waals surface area (Å²) in [5.74, 6) is -1.01. The number of urea groups is 1. The van der Waals surface area contributed by atoms with Crippen molar-refractivity contribution >= 4 is 12.0 Å². The summed E-state index contributed by atoms with van der Waals surface area (Å²) in [6.07, 6.45) is 6.35. The number of carboxylic acid groups (broad SMARTS) is 1. The molecule has 0 saturated heterocycles. The number of aliphatic hydroxyl groups excluding tert-OH is 1. The van der Waals surface area contributed by atoms with Gasteiger partial charge < -0.3 is 20.8 Å². The summed E-state index contributed by atoms with van der Waals surface area (Å²) >= 11 is 0. The number of aliphatic hydroxyl groups is 1. The number of hydrogen-bond donors (Lipinski definition) is 4. The zero-order valence-corrected chi connectivity index (χ0v) is 11.7. The number of carbonyl (C=O) groups is 2. The first-order valence-electron chi connectivity index (χ1n) is 7.47. The van der Waals surface area contributed by atoms with Gasteiger partial charge in [-0.1, -0.05) is 12.8 Å². The molecule has 0 heterocycles. The molecule has 20 heavy (non-hydrogen) atoms. The van der Waals surface area contributed by atoms with Crippen LogP contribution in [0.2, 0.25) is 0 Å². The summed E-state index contributed by atoms with van der Waals surface area (Å²) in [6.45, 7) is -0.0217. The van der Waals surface area contributed by atoms with Crippen LogP contribution in [0.1, 0.15) is 51.4 Å². The summed E-state index contributed by atoms with van der Waals surface area (Å²) in [7, 11) is 0. The molecule has 2 rings (SSSR count). The van der Waals surface area contributed by atoms with E-state index in [0.29, 0.717) is 25.7 Å². The van der Waals surface area contributed by atoms with Crippen molar-refractivity contribution in [2.75, 3.05) is 6.61 Å². The number of carboxylic acids is 1. The molecule has 4 N–H and O–H groups in total. The maximum atomic E-state index is 12.0. The third kappa shape index (κ3) is 3.62. The van der Waals surface area contributed by atoms with Gasteiger partial charge in [0.1, 0.15) is 0 Å². The highest BCUT2D eigenvalue weighted by Crippen LogP contribution is 2.29. The standard InChI is InChI=1S/C14H24N2O4/c17-9-14(7-1-2-8-14)16-13(20)15-11-5-3-10(4-6-11)12(18)19/h10-11,17H,1-9H2,(H,18,19)(H2,15,16,20). The second-order valence-electron chi connectivity index (χ2n) is 6.13. The van der Waals surface area contributed by atoms with E-state index in [2.05, 4.69) is 10.6 Å². The van der Waals surface area contributed by atoms with Crippen molar-refractivity contribution in [2.24, 2.45) is 5.92 Å². The molecule has 6 nitrogen and oxygen atoms in total. The summed E-state index contributed by atoms with van der Waals surface area (Å²) < 4.78 is 0. The maximum absolute atomic E-state index is 12.0. The van der Waals surface area contributed by atoms with Gasteiger partial charge in [-0.25, -0.2) is 4.79 Å². The van der Waals surface area contributed by atoms with E-state index in [1.54, 1.807) is 0 Å². The Morgan fingerprint density at radius 1 is 1.10 bits per heavy atom. The zero-order chi connectivity index (χ0) is 14.6. The minimum atomic E-state index is -0.738. The largest absolute Gasteiger partial charge is 0.481 e. The average molecular weight is 284 g/mol. The fourth-order valence-electron chi connectivity index (χ4n) is 3.32. The minimum Gasteiger partial charge on any atom is -0.481 e. The van der Waals surface area contributed by atoms with Gasteiger partial charge in [0.05, 0.1) is 18.1 Å². The Balaban J connectivity index is 1.76. The highest BCUT2D eigenvalue weighted by Gasteiger charge is 2.35. The Morgan fingerprint density at radius 2 is 1.70 bits per heavy atom. The Morgan fingerprint density at radius 3 is 2.20 bits per heavy atom. The molecular formula is C14H24N2O4. The van der Waals surface area contributed by atoms with Gasteiger partial charge in [-0.05, 0) is 38.5 Å². The van der Waals surface area contributed by atoms with E-state index < -0.39 is 11.5 Å². The van der Waals surface area contributed by atoms with Crippen LogP contribution in [0.3, 0.4) is 0 Å². The predicted octanol–water partition coefficient (Wildman–Crippen LogP) is 1.23. The highest BCUT2D eigenvalue weighted by molar-refractivity contribution is 5.75. The topological polar surface area (TPSA) is 98.7 Å². The van der Waals surface area contributed by atoms with Crippen LogP contribution in [0.5, 0.6) is 0 Å². The molecule has 0 spiro atoms. The number of amides is 2. The molecule has 0 aromatic heterocycles. The molecule has 0 bridgehead atoms. The fourth-order valence-corrected chi connectivity index (χ4v) is 3.32. The number of aliphatic carboxylic acids is 1. The Kier molecular flexibility index (Phi) is 4.86. The summed E-state index contributed by atoms with van der Waals surface area (Å²) in [5.41, 5.74) is -0.456. The Bertz CT molecular complexity index is 358. The molecule has 2 saturated carbocycles. The number of nitrogens with one attached hydrogen (secondary N) is 2. The molecule has 2 fully saturated rings. The lowest BCUT2D eigenvalue weighted by atomic mass is 9.86. The van der Waals surface area contributed by atoms with E-state index in [1.807, 2.05) is 0 Å². The summed E-state index contributed by atoms with van der Waals surface area (Å²) in [5, 5.41) is 24.2. The van der Waals surface area contributed by atoms with Crippen LogP contribution in [0.15, 0.2) is 0 Å². The Labute approximate surface area is 118 Å². The molecular weight excluding hydrogens is 260 g/mol. The van der Waals surface area contributed by atoms with Gasteiger partial charge >= 0.3 is 12.0 Å². The molecule has 6 heteroatoms. The van der Waals surface area contributed by atoms with Gasteiger partial charge in [0, 0.05) is 6.04 Å². The van der Waals surface area contributed by atoms with Crippen molar-refractivity contribution in [3.63, 3.8) is 0 Å². The fraction of sp³-hybridized carbons (Fsp3) is 0.857. The van der Waals surface area contributed by atoms with Crippen LogP contribution in [-0.4, -0.2) is 40.4 Å². The van der Waals surface area contributed by atoms with Crippen molar-refractivity contribution in [3.8, 4) is 0 Å². The van der Waals surface area contributed by atoms with E-state index in [9.17, 15) is 14.7 Å². The predicted molar refractivity (Wildman–Crippen MR) is 73.3 cm³/mol. The third-order valence-electron chi connectivity index (χ3n) is 4.65. The first-order chi connectivity index (χ1) is 9.54. The molecule has 0 aromatic rings. The van der Waals surface area contributed by atoms with Gasteiger partial charge in [0.2, 0.25) is 0 Å². The van der Waals surface area contributed by atoms with Crippen LogP contribution in [0.4, 0.5) is 4.79 Å². The summed E-state index contributed by atoms with van der Waals surface area (Å²) in [6, 6.07) is -0.192. The SMILES string of the molecule is O=C(NC1CCC(C(=O)O)CC1)NC1(CO)CCCC1. The lowest BCUT2D eigenvalue weighted by molar-refractivity contribution is -0.142. The molecule has 2 aliphatic rings. The van der Waals surface area contributed by atoms with E-state index >= 15 is 0 Å². The minimum absolute atomic E-state index is 0.0217. The number of rotatable bonds is 4. The lowest BCUT2D eigenvalue weighted by Crippen LogP contribution is -2.55. The molecule has 0 aliphatic heterocycles. The van der Waals surface area contributed by atoms with Crippen LogP contribution < -0.4 is 10.6 Å². The highest BCUT2D eigenvalue weighted by atomic mass is 16.4. The van der Waals surface area contributed by atoms with Crippen LogP contribution in [-0.2, 0) is 4.79 Å². The molecule has 0 unspecified atom stereocenters. The second kappa shape index (κ2) is 6.43. The van der Waals surface area contributed by atoms with Crippen molar-refractivity contribution < 1.29 is 19.8 Å². The second-order valence-corrected chi connectivity index (χ2v) is 6.13. The monoisotopic (exact) mass is 284 g/mol. The van der Waals surface area contributed by atoms with Crippen LogP contribution in [0.25, 0.3) is 0 Å². The van der Waals surface area contributed by atoms with E-state index in [-0.39, 0.29) is 24.6 Å². The maximum Gasteiger partial charge on any atom is 0.315 e. The van der Waals surface area contributed by atoms with Gasteiger partial charge in [-0.2, -0.15) is 0 Å². The molecule has 2 amide bonds. The third-order valence-corrected chi connectivity index (χ3v) is 4.65. The van der Waals surface area contributed by atoms with Gasteiger partial charge in [-0.3, -0.25) is 4.79 Å².